The van der Waals surface area contributed by atoms with Gasteiger partial charge in [0.05, 0.1) is 5.70 Å². The molecule has 0 aromatic carbocycles. The molecule has 3 nitrogen and oxygen atoms in total. The zero-order valence-corrected chi connectivity index (χ0v) is 5.20. The molecule has 0 bridgehead atoms. The van der Waals surface area contributed by atoms with Gasteiger partial charge in [-0.1, -0.05) is 6.08 Å². The van der Waals surface area contributed by atoms with Gasteiger partial charge in [-0.2, -0.15) is 4.99 Å². The van der Waals surface area contributed by atoms with Crippen LogP contribution in [0.4, 0.5) is 0 Å². The van der Waals surface area contributed by atoms with E-state index in [-0.39, 0.29) is 5.78 Å². The van der Waals surface area contributed by atoms with Crippen molar-refractivity contribution in [3.8, 4) is 0 Å². The monoisotopic (exact) mass is 135 g/mol. The zero-order valence-electron chi connectivity index (χ0n) is 5.20. The van der Waals surface area contributed by atoms with Crippen LogP contribution in [0.1, 0.15) is 6.42 Å². The molecule has 0 atom stereocenters. The molecule has 0 fully saturated rings. The zero-order chi connectivity index (χ0) is 7.40. The molecular weight excluding hydrogens is 130 g/mol. The van der Waals surface area contributed by atoms with Gasteiger partial charge in [0.1, 0.15) is 0 Å². The Labute approximate surface area is 57.8 Å². The molecule has 0 aromatic rings. The number of carbonyl (C=O) groups excluding carboxylic acids is 2. The molecule has 10 heavy (non-hydrogen) atoms. The van der Waals surface area contributed by atoms with Crippen molar-refractivity contribution in [2.75, 3.05) is 0 Å². The molecule has 0 N–H and O–H groups in total. The Morgan fingerprint density at radius 1 is 1.50 bits per heavy atom. The summed E-state index contributed by atoms with van der Waals surface area (Å²) in [6.07, 6.45) is 6.21. The third kappa shape index (κ3) is 1.50. The molecule has 0 amide bonds. The normalized spacial score (nSPS) is 16.0. The number of aliphatic imine (C=N–C) groups is 1. The highest BCUT2D eigenvalue weighted by molar-refractivity contribution is 5.92. The van der Waals surface area contributed by atoms with Gasteiger partial charge in [-0.3, -0.25) is 4.79 Å². The van der Waals surface area contributed by atoms with Crippen LogP contribution < -0.4 is 0 Å². The van der Waals surface area contributed by atoms with Gasteiger partial charge in [0.15, 0.2) is 5.78 Å². The largest absolute Gasteiger partial charge is 0.295 e. The van der Waals surface area contributed by atoms with Crippen LogP contribution in [-0.4, -0.2) is 11.9 Å². The maximum atomic E-state index is 10.5. The van der Waals surface area contributed by atoms with Crippen LogP contribution in [0.3, 0.4) is 0 Å². The van der Waals surface area contributed by atoms with E-state index in [1.165, 1.54) is 18.2 Å². The van der Waals surface area contributed by atoms with Crippen molar-refractivity contribution in [2.45, 2.75) is 6.42 Å². The van der Waals surface area contributed by atoms with Gasteiger partial charge in [0.25, 0.3) is 0 Å². The van der Waals surface area contributed by atoms with Crippen molar-refractivity contribution in [3.05, 3.63) is 23.9 Å². The number of isocyanates is 1. The molecule has 0 heterocycles. The van der Waals surface area contributed by atoms with E-state index >= 15 is 0 Å². The molecule has 0 spiro atoms. The summed E-state index contributed by atoms with van der Waals surface area (Å²) in [7, 11) is 0. The van der Waals surface area contributed by atoms with Crippen molar-refractivity contribution < 1.29 is 9.59 Å². The van der Waals surface area contributed by atoms with Gasteiger partial charge in [-0.05, 0) is 12.2 Å². The van der Waals surface area contributed by atoms with Gasteiger partial charge >= 0.3 is 0 Å². The predicted octanol–water partition coefficient (Wildman–Crippen LogP) is 0.735. The van der Waals surface area contributed by atoms with Crippen LogP contribution in [0.5, 0.6) is 0 Å². The van der Waals surface area contributed by atoms with Gasteiger partial charge < -0.3 is 0 Å². The van der Waals surface area contributed by atoms with Crippen molar-refractivity contribution in [2.24, 2.45) is 4.99 Å². The summed E-state index contributed by atoms with van der Waals surface area (Å²) in [6.45, 7) is 0. The van der Waals surface area contributed by atoms with Crippen LogP contribution in [0.2, 0.25) is 0 Å². The fourth-order valence-corrected chi connectivity index (χ4v) is 0.655. The molecule has 0 saturated heterocycles. The number of hydrogen-bond donors (Lipinski definition) is 0. The van der Waals surface area contributed by atoms with Crippen molar-refractivity contribution >= 4 is 11.9 Å². The second-order valence-electron chi connectivity index (χ2n) is 1.84. The Morgan fingerprint density at radius 2 is 2.30 bits per heavy atom. The molecular formula is C7H5NO2. The molecule has 1 aliphatic rings. The second kappa shape index (κ2) is 2.90. The molecule has 3 heteroatoms. The average molecular weight is 135 g/mol. The number of nitrogens with zero attached hydrogens (tertiary/aromatic N) is 1. The first-order valence-corrected chi connectivity index (χ1v) is 2.82. The van der Waals surface area contributed by atoms with E-state index < -0.39 is 0 Å². The summed E-state index contributed by atoms with van der Waals surface area (Å²) in [5.41, 5.74) is 0.509. The molecule has 0 saturated carbocycles. The fourth-order valence-electron chi connectivity index (χ4n) is 0.655. The Hall–Kier alpha value is -1.47. The van der Waals surface area contributed by atoms with Gasteiger partial charge in [-0.25, -0.2) is 4.79 Å². The number of hydrogen-bond acceptors (Lipinski definition) is 3. The lowest BCUT2D eigenvalue weighted by atomic mass is 10.1. The SMILES string of the molecule is O=C=NC1=CCC(=O)C=C1. The first-order chi connectivity index (χ1) is 4.83. The minimum absolute atomic E-state index is 0.0323. The van der Waals surface area contributed by atoms with Gasteiger partial charge in [-0.15, -0.1) is 0 Å². The number of carbonyl (C=O) groups is 1. The molecule has 50 valence electrons. The molecule has 0 aromatic heterocycles. The summed E-state index contributed by atoms with van der Waals surface area (Å²) in [5.74, 6) is 0.0323. The Bertz CT molecular complexity index is 257. The van der Waals surface area contributed by atoms with Crippen LogP contribution in [0.25, 0.3) is 0 Å². The fraction of sp³-hybridized carbons (Fsp3) is 0.143. The highest BCUT2D eigenvalue weighted by Gasteiger charge is 2.00. The summed E-state index contributed by atoms with van der Waals surface area (Å²) in [4.78, 5) is 23.6. The minimum atomic E-state index is 0.0323. The summed E-state index contributed by atoms with van der Waals surface area (Å²) in [5, 5.41) is 0. The summed E-state index contributed by atoms with van der Waals surface area (Å²) < 4.78 is 0. The van der Waals surface area contributed by atoms with Crippen LogP contribution in [0, 0.1) is 0 Å². The van der Waals surface area contributed by atoms with Crippen molar-refractivity contribution in [1.82, 2.24) is 0 Å². The Kier molecular flexibility index (Phi) is 1.92. The molecule has 0 radical (unpaired) electrons. The van der Waals surface area contributed by atoms with Gasteiger partial charge in [0.2, 0.25) is 6.08 Å². The number of allylic oxidation sites excluding steroid dienone is 3. The third-order valence-corrected chi connectivity index (χ3v) is 1.13. The lowest BCUT2D eigenvalue weighted by molar-refractivity contribution is -0.113. The van der Waals surface area contributed by atoms with E-state index in [4.69, 9.17) is 0 Å². The van der Waals surface area contributed by atoms with E-state index in [1.807, 2.05) is 0 Å². The molecule has 0 unspecified atom stereocenters. The standard InChI is InChI=1S/C7H5NO2/c9-5-8-6-1-3-7(10)4-2-6/h1-3H,4H2. The Morgan fingerprint density at radius 3 is 2.80 bits per heavy atom. The number of rotatable bonds is 1. The van der Waals surface area contributed by atoms with E-state index in [0.717, 1.165) is 0 Å². The average Bonchev–Trinajstić information content (AvgIpc) is 1.95. The molecule has 1 aliphatic carbocycles. The van der Waals surface area contributed by atoms with Crippen molar-refractivity contribution in [1.29, 1.82) is 0 Å². The maximum Gasteiger partial charge on any atom is 0.240 e. The first-order valence-electron chi connectivity index (χ1n) is 2.82. The van der Waals surface area contributed by atoms with Gasteiger partial charge in [0, 0.05) is 6.42 Å². The highest BCUT2D eigenvalue weighted by Crippen LogP contribution is 2.06. The molecule has 0 aliphatic heterocycles. The minimum Gasteiger partial charge on any atom is -0.295 e. The second-order valence-corrected chi connectivity index (χ2v) is 1.84. The maximum absolute atomic E-state index is 10.5. The number of ketones is 1. The summed E-state index contributed by atoms with van der Waals surface area (Å²) >= 11 is 0. The van der Waals surface area contributed by atoms with Crippen LogP contribution in [0.15, 0.2) is 28.9 Å². The summed E-state index contributed by atoms with van der Waals surface area (Å²) in [6, 6.07) is 0. The quantitative estimate of drug-likeness (QED) is 0.393. The van der Waals surface area contributed by atoms with E-state index in [1.54, 1.807) is 6.08 Å². The van der Waals surface area contributed by atoms with E-state index in [0.29, 0.717) is 12.1 Å². The lowest BCUT2D eigenvalue weighted by Crippen LogP contribution is -1.94. The van der Waals surface area contributed by atoms with Crippen molar-refractivity contribution in [3.63, 3.8) is 0 Å². The Balaban J connectivity index is 2.76. The van der Waals surface area contributed by atoms with Crippen LogP contribution >= 0.6 is 0 Å². The van der Waals surface area contributed by atoms with E-state index in [2.05, 4.69) is 4.99 Å². The smallest absolute Gasteiger partial charge is 0.240 e. The predicted molar refractivity (Wildman–Crippen MR) is 35.0 cm³/mol. The third-order valence-electron chi connectivity index (χ3n) is 1.13. The first kappa shape index (κ1) is 6.65. The highest BCUT2D eigenvalue weighted by atomic mass is 16.1. The lowest BCUT2D eigenvalue weighted by Gasteiger charge is -1.96. The van der Waals surface area contributed by atoms with Crippen LogP contribution in [-0.2, 0) is 9.59 Å². The molecule has 1 rings (SSSR count). The topological polar surface area (TPSA) is 46.5 Å². The van der Waals surface area contributed by atoms with E-state index in [9.17, 15) is 9.59 Å².